The molecule has 1 unspecified atom stereocenters. The van der Waals surface area contributed by atoms with Crippen LogP contribution in [-0.2, 0) is 9.53 Å². The molecule has 22 heavy (non-hydrogen) atoms. The second-order valence-corrected chi connectivity index (χ2v) is 4.79. The molecule has 0 saturated heterocycles. The summed E-state index contributed by atoms with van der Waals surface area (Å²) >= 11 is 5.98. The van der Waals surface area contributed by atoms with E-state index in [-0.39, 0.29) is 30.6 Å². The number of nitrogens with one attached hydrogen (secondary N) is 1. The van der Waals surface area contributed by atoms with Crippen molar-refractivity contribution in [1.82, 2.24) is 5.32 Å². The van der Waals surface area contributed by atoms with Gasteiger partial charge in [-0.3, -0.25) is 4.79 Å². The summed E-state index contributed by atoms with van der Waals surface area (Å²) in [6.07, 6.45) is 1.48. The zero-order valence-corrected chi connectivity index (χ0v) is 12.3. The molecule has 1 heterocycles. The number of ether oxygens (including phenoxy) is 3. The number of carbonyl (C=O) groups is 2. The third-order valence-electron chi connectivity index (χ3n) is 2.81. The summed E-state index contributed by atoms with van der Waals surface area (Å²) in [5.74, 6) is -1.10. The van der Waals surface area contributed by atoms with E-state index in [1.54, 1.807) is 0 Å². The summed E-state index contributed by atoms with van der Waals surface area (Å²) in [5, 5.41) is 11.7. The van der Waals surface area contributed by atoms with Crippen molar-refractivity contribution < 1.29 is 28.9 Å². The number of carboxylic acids is 1. The summed E-state index contributed by atoms with van der Waals surface area (Å²) in [6.45, 7) is 3.49. The van der Waals surface area contributed by atoms with Crippen molar-refractivity contribution >= 4 is 23.5 Å². The zero-order valence-electron chi connectivity index (χ0n) is 11.5. The number of carboxylic acid groups (broad SMARTS) is 1. The lowest BCUT2D eigenvalue weighted by Crippen LogP contribution is -2.44. The van der Waals surface area contributed by atoms with Crippen molar-refractivity contribution in [2.45, 2.75) is 6.04 Å². The molecule has 0 radical (unpaired) electrons. The molecule has 1 aliphatic rings. The first-order valence-electron chi connectivity index (χ1n) is 6.34. The van der Waals surface area contributed by atoms with Gasteiger partial charge in [-0.05, 0) is 12.1 Å². The Balaban J connectivity index is 2.08. The van der Waals surface area contributed by atoms with Crippen LogP contribution in [0.25, 0.3) is 0 Å². The van der Waals surface area contributed by atoms with Crippen LogP contribution in [-0.4, -0.2) is 43.0 Å². The molecule has 1 aliphatic heterocycles. The molecule has 8 heteroatoms. The molecule has 1 atom stereocenters. The fraction of sp³-hybridized carbons (Fsp3) is 0.286. The molecular formula is C14H14ClNO6. The van der Waals surface area contributed by atoms with Gasteiger partial charge in [-0.1, -0.05) is 17.7 Å². The standard InChI is InChI=1S/C14H14ClNO6/c1-2-3-20-6-10(14(18)19)16-13(17)8-4-9(15)12-11(5-8)21-7-22-12/h2,4-5,10H,1,3,6-7H2,(H,16,17)(H,18,19). The van der Waals surface area contributed by atoms with Crippen molar-refractivity contribution in [3.8, 4) is 11.5 Å². The number of halogens is 1. The number of hydrogen-bond acceptors (Lipinski definition) is 5. The lowest BCUT2D eigenvalue weighted by Gasteiger charge is -2.14. The molecule has 0 saturated carbocycles. The predicted molar refractivity (Wildman–Crippen MR) is 77.5 cm³/mol. The van der Waals surface area contributed by atoms with Crippen molar-refractivity contribution in [2.24, 2.45) is 0 Å². The van der Waals surface area contributed by atoms with E-state index < -0.39 is 17.9 Å². The minimum absolute atomic E-state index is 0.0211. The van der Waals surface area contributed by atoms with Crippen LogP contribution >= 0.6 is 11.6 Å². The predicted octanol–water partition coefficient (Wildman–Crippen LogP) is 1.45. The minimum atomic E-state index is -1.20. The highest BCUT2D eigenvalue weighted by molar-refractivity contribution is 6.32. The molecule has 0 aromatic heterocycles. The number of aliphatic carboxylic acids is 1. The van der Waals surface area contributed by atoms with Gasteiger partial charge in [0, 0.05) is 5.56 Å². The fourth-order valence-corrected chi connectivity index (χ4v) is 2.05. The Kier molecular flexibility index (Phi) is 5.24. The van der Waals surface area contributed by atoms with Crippen LogP contribution < -0.4 is 14.8 Å². The molecule has 118 valence electrons. The van der Waals surface area contributed by atoms with Crippen molar-refractivity contribution in [1.29, 1.82) is 0 Å². The van der Waals surface area contributed by atoms with Gasteiger partial charge >= 0.3 is 5.97 Å². The largest absolute Gasteiger partial charge is 0.480 e. The highest BCUT2D eigenvalue weighted by Gasteiger charge is 2.24. The van der Waals surface area contributed by atoms with E-state index in [2.05, 4.69) is 11.9 Å². The maximum absolute atomic E-state index is 12.1. The SMILES string of the molecule is C=CCOCC(NC(=O)c1cc(Cl)c2c(c1)OCO2)C(=O)O. The monoisotopic (exact) mass is 327 g/mol. The third-order valence-corrected chi connectivity index (χ3v) is 3.09. The van der Waals surface area contributed by atoms with Gasteiger partial charge in [0.2, 0.25) is 6.79 Å². The second kappa shape index (κ2) is 7.15. The number of hydrogen-bond donors (Lipinski definition) is 2. The van der Waals surface area contributed by atoms with Crippen molar-refractivity contribution in [3.05, 3.63) is 35.4 Å². The normalized spacial score (nSPS) is 13.5. The van der Waals surface area contributed by atoms with Crippen LogP contribution in [0.1, 0.15) is 10.4 Å². The smallest absolute Gasteiger partial charge is 0.328 e. The van der Waals surface area contributed by atoms with Crippen LogP contribution in [0.3, 0.4) is 0 Å². The third kappa shape index (κ3) is 3.69. The van der Waals surface area contributed by atoms with Crippen molar-refractivity contribution in [3.63, 3.8) is 0 Å². The zero-order chi connectivity index (χ0) is 16.1. The molecule has 0 spiro atoms. The highest BCUT2D eigenvalue weighted by Crippen LogP contribution is 2.39. The number of amides is 1. The van der Waals surface area contributed by atoms with Crippen LogP contribution in [0.2, 0.25) is 5.02 Å². The first-order valence-corrected chi connectivity index (χ1v) is 6.72. The van der Waals surface area contributed by atoms with E-state index in [0.29, 0.717) is 11.5 Å². The molecule has 2 N–H and O–H groups in total. The lowest BCUT2D eigenvalue weighted by molar-refractivity contribution is -0.140. The Labute approximate surface area is 131 Å². The Morgan fingerprint density at radius 3 is 2.95 bits per heavy atom. The molecule has 1 aromatic rings. The molecule has 0 fully saturated rings. The summed E-state index contributed by atoms with van der Waals surface area (Å²) in [5.41, 5.74) is 0.171. The number of rotatable bonds is 7. The number of benzene rings is 1. The molecule has 0 aliphatic carbocycles. The molecule has 1 aromatic carbocycles. The van der Waals surface area contributed by atoms with E-state index >= 15 is 0 Å². The first-order chi connectivity index (χ1) is 10.5. The summed E-state index contributed by atoms with van der Waals surface area (Å²) in [6, 6.07) is 1.64. The Morgan fingerprint density at radius 2 is 2.27 bits per heavy atom. The first kappa shape index (κ1) is 16.1. The summed E-state index contributed by atoms with van der Waals surface area (Å²) in [4.78, 5) is 23.3. The summed E-state index contributed by atoms with van der Waals surface area (Å²) < 4.78 is 15.4. The summed E-state index contributed by atoms with van der Waals surface area (Å²) in [7, 11) is 0. The van der Waals surface area contributed by atoms with Gasteiger partial charge in [0.25, 0.3) is 5.91 Å². The Bertz CT molecular complexity index is 603. The van der Waals surface area contributed by atoms with Crippen LogP contribution in [0.4, 0.5) is 0 Å². The quantitative estimate of drug-likeness (QED) is 0.581. The van der Waals surface area contributed by atoms with Crippen molar-refractivity contribution in [2.75, 3.05) is 20.0 Å². The maximum atomic E-state index is 12.1. The van der Waals surface area contributed by atoms with Gasteiger partial charge in [0.15, 0.2) is 17.5 Å². The average molecular weight is 328 g/mol. The van der Waals surface area contributed by atoms with Gasteiger partial charge < -0.3 is 24.6 Å². The highest BCUT2D eigenvalue weighted by atomic mass is 35.5. The van der Waals surface area contributed by atoms with Crippen LogP contribution in [0.5, 0.6) is 11.5 Å². The second-order valence-electron chi connectivity index (χ2n) is 4.38. The van der Waals surface area contributed by atoms with E-state index in [9.17, 15) is 9.59 Å². The number of fused-ring (bicyclic) bond motifs is 1. The van der Waals surface area contributed by atoms with Gasteiger partial charge in [-0.15, -0.1) is 6.58 Å². The Morgan fingerprint density at radius 1 is 1.50 bits per heavy atom. The van der Waals surface area contributed by atoms with Gasteiger partial charge in [-0.2, -0.15) is 0 Å². The molecule has 1 amide bonds. The average Bonchev–Trinajstić information content (AvgIpc) is 2.95. The maximum Gasteiger partial charge on any atom is 0.328 e. The van der Waals surface area contributed by atoms with E-state index in [4.69, 9.17) is 30.9 Å². The lowest BCUT2D eigenvalue weighted by atomic mass is 10.1. The molecule has 0 bridgehead atoms. The van der Waals surface area contributed by atoms with Gasteiger partial charge in [-0.25, -0.2) is 4.79 Å². The Hall–Kier alpha value is -2.25. The van der Waals surface area contributed by atoms with E-state index in [1.165, 1.54) is 18.2 Å². The molecule has 7 nitrogen and oxygen atoms in total. The van der Waals surface area contributed by atoms with Crippen LogP contribution in [0.15, 0.2) is 24.8 Å². The fourth-order valence-electron chi connectivity index (χ4n) is 1.78. The van der Waals surface area contributed by atoms with Crippen LogP contribution in [0, 0.1) is 0 Å². The minimum Gasteiger partial charge on any atom is -0.480 e. The number of carbonyl (C=O) groups excluding carboxylic acids is 1. The van der Waals surface area contributed by atoms with E-state index in [1.807, 2.05) is 0 Å². The molecule has 2 rings (SSSR count). The van der Waals surface area contributed by atoms with E-state index in [0.717, 1.165) is 0 Å². The molecular weight excluding hydrogens is 314 g/mol. The van der Waals surface area contributed by atoms with Gasteiger partial charge in [0.1, 0.15) is 0 Å². The van der Waals surface area contributed by atoms with Gasteiger partial charge in [0.05, 0.1) is 18.2 Å². The topological polar surface area (TPSA) is 94.1 Å².